The van der Waals surface area contributed by atoms with Crippen molar-refractivity contribution >= 4 is 11.4 Å². The van der Waals surface area contributed by atoms with Crippen LogP contribution in [0.3, 0.4) is 0 Å². The molecule has 196 valence electrons. The zero-order valence-electron chi connectivity index (χ0n) is 24.1. The second-order valence-electron chi connectivity index (χ2n) is 11.7. The van der Waals surface area contributed by atoms with Crippen LogP contribution in [0.4, 0.5) is 0 Å². The molecule has 0 spiro atoms. The average molecular weight is 517 g/mol. The van der Waals surface area contributed by atoms with Crippen molar-refractivity contribution in [1.82, 2.24) is 0 Å². The van der Waals surface area contributed by atoms with E-state index in [0.29, 0.717) is 5.75 Å². The van der Waals surface area contributed by atoms with E-state index in [9.17, 15) is 8.76 Å². The van der Waals surface area contributed by atoms with Gasteiger partial charge < -0.3 is 13.5 Å². The standard InChI is InChI=1S/C29H50O4S.Na/c1-20(2)12-9-13-21(3)14-10-15-22(4)16-11-18-29(8)19-17-26-25(7)27(33-34(30)31)23(5)24(6)28(26)32-29;/h20-22H,9-19H2,1-8H3,(H,30,31);/q;+1/p-1/t21-,22-,29-;/m1./s1. The minimum absolute atomic E-state index is 0. The van der Waals surface area contributed by atoms with Gasteiger partial charge in [0.05, 0.1) is 0 Å². The molecule has 0 N–H and O–H groups in total. The van der Waals surface area contributed by atoms with E-state index in [0.717, 1.165) is 65.0 Å². The van der Waals surface area contributed by atoms with Gasteiger partial charge in [0.25, 0.3) is 0 Å². The van der Waals surface area contributed by atoms with E-state index in [1.165, 1.54) is 51.4 Å². The molecular formula is C29H49NaO4S. The molecule has 1 aliphatic rings. The largest absolute Gasteiger partial charge is 1.00 e. The van der Waals surface area contributed by atoms with Gasteiger partial charge in [-0.3, -0.25) is 0 Å². The Labute approximate surface area is 240 Å². The van der Waals surface area contributed by atoms with Gasteiger partial charge in [-0.25, -0.2) is 4.21 Å². The Morgan fingerprint density at radius 1 is 0.914 bits per heavy atom. The summed E-state index contributed by atoms with van der Waals surface area (Å²) in [7, 11) is 0. The first kappa shape index (κ1) is 33.0. The van der Waals surface area contributed by atoms with Crippen molar-refractivity contribution in [3.8, 4) is 11.5 Å². The third-order valence-corrected chi connectivity index (χ3v) is 8.29. The predicted molar refractivity (Wildman–Crippen MR) is 142 cm³/mol. The summed E-state index contributed by atoms with van der Waals surface area (Å²) in [6.45, 7) is 17.6. The van der Waals surface area contributed by atoms with Gasteiger partial charge in [-0.2, -0.15) is 0 Å². The number of hydrogen-bond acceptors (Lipinski definition) is 4. The van der Waals surface area contributed by atoms with Gasteiger partial charge in [0.1, 0.15) is 28.5 Å². The molecule has 1 heterocycles. The maximum Gasteiger partial charge on any atom is 1.00 e. The first-order chi connectivity index (χ1) is 15.9. The third-order valence-electron chi connectivity index (χ3n) is 7.99. The molecule has 4 atom stereocenters. The predicted octanol–water partition coefficient (Wildman–Crippen LogP) is 5.31. The van der Waals surface area contributed by atoms with Gasteiger partial charge in [-0.1, -0.05) is 72.6 Å². The Bertz CT molecular complexity index is 826. The summed E-state index contributed by atoms with van der Waals surface area (Å²) in [5.74, 6) is 3.85. The van der Waals surface area contributed by atoms with Gasteiger partial charge in [0.2, 0.25) is 0 Å². The smallest absolute Gasteiger partial charge is 0.740 e. The molecule has 1 unspecified atom stereocenters. The molecule has 6 heteroatoms. The van der Waals surface area contributed by atoms with Crippen LogP contribution in [-0.4, -0.2) is 14.4 Å². The molecule has 4 nitrogen and oxygen atoms in total. The van der Waals surface area contributed by atoms with Crippen molar-refractivity contribution in [2.24, 2.45) is 17.8 Å². The van der Waals surface area contributed by atoms with E-state index in [1.54, 1.807) is 0 Å². The van der Waals surface area contributed by atoms with Gasteiger partial charge in [-0.15, -0.1) is 0 Å². The molecule has 0 radical (unpaired) electrons. The molecular weight excluding hydrogens is 467 g/mol. The van der Waals surface area contributed by atoms with Crippen LogP contribution in [0.5, 0.6) is 11.5 Å². The summed E-state index contributed by atoms with van der Waals surface area (Å²) in [6, 6.07) is 0. The van der Waals surface area contributed by atoms with Crippen molar-refractivity contribution in [3.05, 3.63) is 22.3 Å². The number of benzene rings is 1. The summed E-state index contributed by atoms with van der Waals surface area (Å²) in [5, 5.41) is 0. The van der Waals surface area contributed by atoms with E-state index in [-0.39, 0.29) is 35.2 Å². The molecule has 1 aromatic rings. The van der Waals surface area contributed by atoms with Gasteiger partial charge in [0, 0.05) is 5.56 Å². The quantitative estimate of drug-likeness (QED) is 0.248. The summed E-state index contributed by atoms with van der Waals surface area (Å²) in [5.41, 5.74) is 3.65. The fourth-order valence-corrected chi connectivity index (χ4v) is 5.84. The molecule has 0 aromatic heterocycles. The van der Waals surface area contributed by atoms with E-state index in [4.69, 9.17) is 8.92 Å². The van der Waals surface area contributed by atoms with Crippen molar-refractivity contribution in [3.63, 3.8) is 0 Å². The Hall–Kier alpha value is -0.0700. The van der Waals surface area contributed by atoms with Crippen LogP contribution < -0.4 is 38.5 Å². The van der Waals surface area contributed by atoms with E-state index in [1.807, 2.05) is 20.8 Å². The zero-order chi connectivity index (χ0) is 25.5. The van der Waals surface area contributed by atoms with E-state index >= 15 is 0 Å². The van der Waals surface area contributed by atoms with Gasteiger partial charge in [-0.05, 0) is 87.8 Å². The average Bonchev–Trinajstić information content (AvgIpc) is 2.74. The van der Waals surface area contributed by atoms with E-state index in [2.05, 4.69) is 34.6 Å². The fourth-order valence-electron chi connectivity index (χ4n) is 5.45. The molecule has 1 aliphatic heterocycles. The zero-order valence-corrected chi connectivity index (χ0v) is 26.9. The molecule has 35 heavy (non-hydrogen) atoms. The first-order valence-corrected chi connectivity index (χ1v) is 14.5. The second kappa shape index (κ2) is 15.4. The van der Waals surface area contributed by atoms with Crippen LogP contribution in [0.1, 0.15) is 121 Å². The van der Waals surface area contributed by atoms with E-state index < -0.39 is 11.4 Å². The minimum Gasteiger partial charge on any atom is -0.740 e. The van der Waals surface area contributed by atoms with Crippen molar-refractivity contribution in [1.29, 1.82) is 0 Å². The van der Waals surface area contributed by atoms with Gasteiger partial charge >= 0.3 is 29.6 Å². The molecule has 2 rings (SSSR count). The summed E-state index contributed by atoms with van der Waals surface area (Å²) in [4.78, 5) is 0. The molecule has 0 saturated carbocycles. The second-order valence-corrected chi connectivity index (χ2v) is 12.3. The van der Waals surface area contributed by atoms with Crippen LogP contribution in [0.15, 0.2) is 0 Å². The maximum atomic E-state index is 11.1. The van der Waals surface area contributed by atoms with Crippen molar-refractivity contribution in [2.45, 2.75) is 132 Å². The van der Waals surface area contributed by atoms with Crippen LogP contribution in [0.2, 0.25) is 0 Å². The van der Waals surface area contributed by atoms with Crippen molar-refractivity contribution < 1.29 is 47.2 Å². The molecule has 0 saturated heterocycles. The summed E-state index contributed by atoms with van der Waals surface area (Å²) < 4.78 is 34.0. The number of ether oxygens (including phenoxy) is 1. The minimum atomic E-state index is -2.57. The Morgan fingerprint density at radius 3 is 2.00 bits per heavy atom. The fraction of sp³-hybridized carbons (Fsp3) is 0.793. The SMILES string of the molecule is Cc1c(C)c2c(c(C)c1OS(=O)[O-])CC[C@@](C)(CCC[C@H](C)CCC[C@H](C)CCCC(C)C)O2.[Na+]. The van der Waals surface area contributed by atoms with Gasteiger partial charge in [0.15, 0.2) is 0 Å². The molecule has 1 aromatic carbocycles. The third kappa shape index (κ3) is 10.3. The first-order valence-electron chi connectivity index (χ1n) is 13.5. The molecule has 0 amide bonds. The molecule has 0 bridgehead atoms. The molecule has 0 fully saturated rings. The normalized spacial score (nSPS) is 19.9. The topological polar surface area (TPSA) is 58.6 Å². The Morgan fingerprint density at radius 2 is 1.46 bits per heavy atom. The van der Waals surface area contributed by atoms with Crippen molar-refractivity contribution in [2.75, 3.05) is 0 Å². The maximum absolute atomic E-state index is 11.1. The van der Waals surface area contributed by atoms with Crippen LogP contribution in [0, 0.1) is 38.5 Å². The summed E-state index contributed by atoms with van der Waals surface area (Å²) >= 11 is -2.57. The number of fused-ring (bicyclic) bond motifs is 1. The number of rotatable bonds is 14. The van der Waals surface area contributed by atoms with Crippen LogP contribution in [0.25, 0.3) is 0 Å². The monoisotopic (exact) mass is 516 g/mol. The number of hydrogen-bond donors (Lipinski definition) is 0. The van der Waals surface area contributed by atoms with Crippen LogP contribution in [-0.2, 0) is 17.8 Å². The Balaban J connectivity index is 0.00000612. The van der Waals surface area contributed by atoms with Crippen LogP contribution >= 0.6 is 0 Å². The summed E-state index contributed by atoms with van der Waals surface area (Å²) in [6.07, 6.45) is 13.5. The Kier molecular flexibility index (Phi) is 14.5. The molecule has 0 aliphatic carbocycles.